The standard InChI is InChI=1S/C14H23BrN2O2S/c1-5-17(10-11(2)3)20(18,19)14-7-6-12(9-16-4)8-13(14)15/h6-8,11,16H,5,9-10H2,1-4H3. The molecule has 0 unspecified atom stereocenters. The molecule has 1 N–H and O–H groups in total. The van der Waals surface area contributed by atoms with Gasteiger partial charge in [0, 0.05) is 24.1 Å². The molecule has 20 heavy (non-hydrogen) atoms. The van der Waals surface area contributed by atoms with Gasteiger partial charge >= 0.3 is 0 Å². The summed E-state index contributed by atoms with van der Waals surface area (Å²) in [6.07, 6.45) is 0. The van der Waals surface area contributed by atoms with Crippen molar-refractivity contribution < 1.29 is 8.42 Å². The normalized spacial score (nSPS) is 12.3. The van der Waals surface area contributed by atoms with Crippen molar-refractivity contribution in [3.63, 3.8) is 0 Å². The third kappa shape index (κ3) is 4.28. The van der Waals surface area contributed by atoms with E-state index in [0.29, 0.717) is 34.9 Å². The summed E-state index contributed by atoms with van der Waals surface area (Å²) in [4.78, 5) is 0.333. The lowest BCUT2D eigenvalue weighted by atomic mass is 10.2. The predicted molar refractivity (Wildman–Crippen MR) is 86.2 cm³/mol. The minimum atomic E-state index is -3.44. The number of rotatable bonds is 7. The Balaban J connectivity index is 3.14. The Kier molecular flexibility index (Phi) is 6.64. The van der Waals surface area contributed by atoms with Crippen molar-refractivity contribution in [3.05, 3.63) is 28.2 Å². The molecule has 0 atom stereocenters. The van der Waals surface area contributed by atoms with Gasteiger partial charge in [-0.1, -0.05) is 26.8 Å². The fourth-order valence-corrected chi connectivity index (χ4v) is 4.71. The maximum atomic E-state index is 12.7. The van der Waals surface area contributed by atoms with Crippen LogP contribution in [0.5, 0.6) is 0 Å². The number of nitrogens with one attached hydrogen (secondary N) is 1. The molecule has 0 aliphatic carbocycles. The van der Waals surface area contributed by atoms with Gasteiger partial charge in [0.15, 0.2) is 0 Å². The van der Waals surface area contributed by atoms with E-state index in [1.165, 1.54) is 4.31 Å². The summed E-state index contributed by atoms with van der Waals surface area (Å²) in [6, 6.07) is 5.37. The van der Waals surface area contributed by atoms with Crippen molar-refractivity contribution in [1.82, 2.24) is 9.62 Å². The fourth-order valence-electron chi connectivity index (χ4n) is 2.01. The monoisotopic (exact) mass is 362 g/mol. The first-order valence-electron chi connectivity index (χ1n) is 6.76. The Morgan fingerprint density at radius 2 is 2.00 bits per heavy atom. The second-order valence-electron chi connectivity index (χ2n) is 5.14. The van der Waals surface area contributed by atoms with Crippen LogP contribution in [0.15, 0.2) is 27.6 Å². The summed E-state index contributed by atoms with van der Waals surface area (Å²) in [7, 11) is -1.58. The van der Waals surface area contributed by atoms with Gasteiger partial charge in [0.2, 0.25) is 10.0 Å². The molecule has 6 heteroatoms. The summed E-state index contributed by atoms with van der Waals surface area (Å²) in [5.74, 6) is 0.298. The number of nitrogens with zero attached hydrogens (tertiary/aromatic N) is 1. The minimum absolute atomic E-state index is 0.298. The molecule has 0 aliphatic heterocycles. The molecular formula is C14H23BrN2O2S. The molecule has 1 rings (SSSR count). The lowest BCUT2D eigenvalue weighted by Gasteiger charge is -2.23. The van der Waals surface area contributed by atoms with E-state index in [1.54, 1.807) is 6.07 Å². The number of hydrogen-bond acceptors (Lipinski definition) is 3. The number of hydrogen-bond donors (Lipinski definition) is 1. The maximum Gasteiger partial charge on any atom is 0.244 e. The second-order valence-corrected chi connectivity index (χ2v) is 7.91. The first-order valence-corrected chi connectivity index (χ1v) is 8.99. The lowest BCUT2D eigenvalue weighted by Crippen LogP contribution is -2.34. The third-order valence-corrected chi connectivity index (χ3v) is 5.83. The zero-order valence-electron chi connectivity index (χ0n) is 12.5. The highest BCUT2D eigenvalue weighted by molar-refractivity contribution is 9.10. The zero-order valence-corrected chi connectivity index (χ0v) is 14.9. The van der Waals surface area contributed by atoms with Crippen molar-refractivity contribution in [1.29, 1.82) is 0 Å². The topological polar surface area (TPSA) is 49.4 Å². The van der Waals surface area contributed by atoms with Gasteiger partial charge in [0.25, 0.3) is 0 Å². The Bertz CT molecular complexity index is 544. The Morgan fingerprint density at radius 1 is 1.35 bits per heavy atom. The van der Waals surface area contributed by atoms with E-state index >= 15 is 0 Å². The third-order valence-electron chi connectivity index (χ3n) is 2.92. The molecule has 1 aromatic carbocycles. The maximum absolute atomic E-state index is 12.7. The summed E-state index contributed by atoms with van der Waals surface area (Å²) >= 11 is 3.38. The highest BCUT2D eigenvalue weighted by Gasteiger charge is 2.25. The van der Waals surface area contributed by atoms with Crippen LogP contribution in [0.25, 0.3) is 0 Å². The van der Waals surface area contributed by atoms with Crippen LogP contribution in [0, 0.1) is 5.92 Å². The van der Waals surface area contributed by atoms with Gasteiger partial charge in [0.1, 0.15) is 0 Å². The molecule has 1 aromatic rings. The number of halogens is 1. The molecule has 4 nitrogen and oxygen atoms in total. The van der Waals surface area contributed by atoms with Gasteiger partial charge < -0.3 is 5.32 Å². The molecule has 0 saturated heterocycles. The van der Waals surface area contributed by atoms with Crippen molar-refractivity contribution in [3.8, 4) is 0 Å². The quantitative estimate of drug-likeness (QED) is 0.811. The molecule has 0 aromatic heterocycles. The van der Waals surface area contributed by atoms with Crippen molar-refractivity contribution in [2.45, 2.75) is 32.2 Å². The Hall–Kier alpha value is -0.430. The van der Waals surface area contributed by atoms with Crippen LogP contribution in [0.1, 0.15) is 26.3 Å². The van der Waals surface area contributed by atoms with Crippen LogP contribution in [-0.2, 0) is 16.6 Å². The predicted octanol–water partition coefficient (Wildman–Crippen LogP) is 2.84. The van der Waals surface area contributed by atoms with Gasteiger partial charge in [-0.3, -0.25) is 0 Å². The first-order chi connectivity index (χ1) is 9.32. The first kappa shape index (κ1) is 17.6. The van der Waals surface area contributed by atoms with E-state index in [9.17, 15) is 8.42 Å². The molecule has 0 amide bonds. The van der Waals surface area contributed by atoms with Gasteiger partial charge in [0.05, 0.1) is 4.90 Å². The van der Waals surface area contributed by atoms with Crippen molar-refractivity contribution in [2.75, 3.05) is 20.1 Å². The van der Waals surface area contributed by atoms with E-state index in [1.807, 2.05) is 40.0 Å². The largest absolute Gasteiger partial charge is 0.316 e. The molecule has 114 valence electrons. The molecule has 0 heterocycles. The van der Waals surface area contributed by atoms with E-state index in [4.69, 9.17) is 0 Å². The SMILES string of the molecule is CCN(CC(C)C)S(=O)(=O)c1ccc(CNC)cc1Br. The summed E-state index contributed by atoms with van der Waals surface area (Å²) in [5, 5.41) is 3.05. The molecule has 0 saturated carbocycles. The van der Waals surface area contributed by atoms with E-state index < -0.39 is 10.0 Å². The summed E-state index contributed by atoms with van der Waals surface area (Å²) in [6.45, 7) is 7.62. The smallest absolute Gasteiger partial charge is 0.244 e. The Morgan fingerprint density at radius 3 is 2.45 bits per heavy atom. The molecule has 0 radical (unpaired) electrons. The van der Waals surface area contributed by atoms with Crippen molar-refractivity contribution >= 4 is 26.0 Å². The van der Waals surface area contributed by atoms with E-state index in [2.05, 4.69) is 21.2 Å². The highest BCUT2D eigenvalue weighted by atomic mass is 79.9. The van der Waals surface area contributed by atoms with E-state index in [0.717, 1.165) is 5.56 Å². The van der Waals surface area contributed by atoms with Gasteiger partial charge in [-0.05, 0) is 46.6 Å². The van der Waals surface area contributed by atoms with Gasteiger partial charge in [-0.25, -0.2) is 8.42 Å². The highest BCUT2D eigenvalue weighted by Crippen LogP contribution is 2.26. The summed E-state index contributed by atoms with van der Waals surface area (Å²) < 4.78 is 27.5. The average Bonchev–Trinajstić information content (AvgIpc) is 2.35. The van der Waals surface area contributed by atoms with Crippen LogP contribution >= 0.6 is 15.9 Å². The Labute approximate surface area is 130 Å². The molecular weight excluding hydrogens is 340 g/mol. The lowest BCUT2D eigenvalue weighted by molar-refractivity contribution is 0.380. The van der Waals surface area contributed by atoms with Crippen LogP contribution in [-0.4, -0.2) is 32.9 Å². The summed E-state index contributed by atoms with van der Waals surface area (Å²) in [5.41, 5.74) is 1.05. The zero-order chi connectivity index (χ0) is 15.3. The van der Waals surface area contributed by atoms with Crippen LogP contribution in [0.2, 0.25) is 0 Å². The minimum Gasteiger partial charge on any atom is -0.316 e. The van der Waals surface area contributed by atoms with Gasteiger partial charge in [-0.15, -0.1) is 0 Å². The van der Waals surface area contributed by atoms with Gasteiger partial charge in [-0.2, -0.15) is 4.31 Å². The van der Waals surface area contributed by atoms with Crippen LogP contribution in [0.3, 0.4) is 0 Å². The molecule has 0 aliphatic rings. The number of benzene rings is 1. The molecule has 0 bridgehead atoms. The van der Waals surface area contributed by atoms with E-state index in [-0.39, 0.29) is 0 Å². The second kappa shape index (κ2) is 7.54. The fraction of sp³-hybridized carbons (Fsp3) is 0.571. The average molecular weight is 363 g/mol. The van der Waals surface area contributed by atoms with Crippen LogP contribution in [0.4, 0.5) is 0 Å². The van der Waals surface area contributed by atoms with Crippen LogP contribution < -0.4 is 5.32 Å². The number of sulfonamides is 1. The van der Waals surface area contributed by atoms with Crippen molar-refractivity contribution in [2.24, 2.45) is 5.92 Å². The molecule has 0 fully saturated rings. The molecule has 0 spiro atoms.